The van der Waals surface area contributed by atoms with E-state index in [4.69, 9.17) is 0 Å². The first-order valence-corrected chi connectivity index (χ1v) is 7.49. The molecule has 1 aromatic carbocycles. The average Bonchev–Trinajstić information content (AvgIpc) is 2.89. The minimum Gasteiger partial charge on any atom is -0.314 e. The number of nitrogens with zero attached hydrogens (tertiary/aromatic N) is 1. The summed E-state index contributed by atoms with van der Waals surface area (Å²) >= 11 is 0. The fourth-order valence-electron chi connectivity index (χ4n) is 3.57. The van der Waals surface area contributed by atoms with Gasteiger partial charge >= 0.3 is 0 Å². The van der Waals surface area contributed by atoms with Crippen molar-refractivity contribution in [3.63, 3.8) is 0 Å². The lowest BCUT2D eigenvalue weighted by atomic mass is 9.94. The second-order valence-corrected chi connectivity index (χ2v) is 5.90. The molecule has 0 amide bonds. The van der Waals surface area contributed by atoms with Gasteiger partial charge in [0.05, 0.1) is 0 Å². The second-order valence-electron chi connectivity index (χ2n) is 5.90. The number of hydrogen-bond donors (Lipinski definition) is 2. The van der Waals surface area contributed by atoms with Crippen molar-refractivity contribution in [1.82, 2.24) is 15.5 Å². The summed E-state index contributed by atoms with van der Waals surface area (Å²) in [5.74, 6) is 0. The summed E-state index contributed by atoms with van der Waals surface area (Å²) in [5, 5.41) is 7.05. The van der Waals surface area contributed by atoms with Gasteiger partial charge < -0.3 is 10.6 Å². The Bertz CT molecular complexity index is 444. The third kappa shape index (κ3) is 2.55. The van der Waals surface area contributed by atoms with E-state index in [9.17, 15) is 0 Å². The smallest absolute Gasteiger partial charge is 0.0488 e. The number of rotatable bonds is 3. The first-order chi connectivity index (χ1) is 9.29. The molecule has 0 radical (unpaired) electrons. The van der Waals surface area contributed by atoms with Gasteiger partial charge in [-0.25, -0.2) is 0 Å². The Morgan fingerprint density at radius 3 is 2.95 bits per heavy atom. The number of benzene rings is 1. The number of nitrogens with one attached hydrogen (secondary N) is 2. The van der Waals surface area contributed by atoms with Crippen LogP contribution in [0.15, 0.2) is 18.2 Å². The largest absolute Gasteiger partial charge is 0.314 e. The van der Waals surface area contributed by atoms with Crippen molar-refractivity contribution < 1.29 is 0 Å². The molecule has 2 unspecified atom stereocenters. The van der Waals surface area contributed by atoms with Crippen molar-refractivity contribution in [1.29, 1.82) is 0 Å². The van der Waals surface area contributed by atoms with Crippen molar-refractivity contribution in [3.8, 4) is 0 Å². The predicted molar refractivity (Wildman–Crippen MR) is 79.6 cm³/mol. The maximum atomic E-state index is 3.53. The Morgan fingerprint density at radius 1 is 1.32 bits per heavy atom. The molecule has 0 spiro atoms. The zero-order valence-corrected chi connectivity index (χ0v) is 12.1. The highest BCUT2D eigenvalue weighted by Gasteiger charge is 2.28. The normalized spacial score (nSPS) is 25.3. The molecular formula is C16H25N3. The van der Waals surface area contributed by atoms with Gasteiger partial charge in [-0.1, -0.05) is 18.2 Å². The van der Waals surface area contributed by atoms with Crippen LogP contribution in [0.5, 0.6) is 0 Å². The van der Waals surface area contributed by atoms with Crippen molar-refractivity contribution in [2.75, 3.05) is 33.7 Å². The Labute approximate surface area is 116 Å². The molecule has 2 N–H and O–H groups in total. The number of hydrogen-bond acceptors (Lipinski definition) is 3. The van der Waals surface area contributed by atoms with Gasteiger partial charge in [-0.2, -0.15) is 0 Å². The van der Waals surface area contributed by atoms with Crippen molar-refractivity contribution in [2.45, 2.75) is 31.3 Å². The standard InChI is InChI=1S/C16H25N3/c1-17-16(15-11-18-8-9-19(15)2)14-7-6-12-4-3-5-13(12)10-14/h6-7,10,15-18H,3-5,8-9,11H2,1-2H3. The van der Waals surface area contributed by atoms with Crippen LogP contribution in [0.25, 0.3) is 0 Å². The van der Waals surface area contributed by atoms with E-state index in [1.807, 2.05) is 0 Å². The van der Waals surface area contributed by atoms with Crippen molar-refractivity contribution in [2.24, 2.45) is 0 Å². The molecule has 3 rings (SSSR count). The third-order valence-electron chi connectivity index (χ3n) is 4.74. The van der Waals surface area contributed by atoms with Crippen LogP contribution >= 0.6 is 0 Å². The molecule has 19 heavy (non-hydrogen) atoms. The van der Waals surface area contributed by atoms with Crippen LogP contribution in [0.4, 0.5) is 0 Å². The second kappa shape index (κ2) is 5.61. The van der Waals surface area contributed by atoms with Gasteiger partial charge in [-0.3, -0.25) is 4.90 Å². The molecule has 3 heteroatoms. The van der Waals surface area contributed by atoms with Crippen LogP contribution in [-0.2, 0) is 12.8 Å². The molecule has 1 saturated heterocycles. The summed E-state index contributed by atoms with van der Waals surface area (Å²) in [4.78, 5) is 2.48. The molecule has 1 aliphatic heterocycles. The Morgan fingerprint density at radius 2 is 2.16 bits per heavy atom. The first-order valence-electron chi connectivity index (χ1n) is 7.49. The van der Waals surface area contributed by atoms with Crippen LogP contribution < -0.4 is 10.6 Å². The molecule has 0 bridgehead atoms. The molecule has 1 heterocycles. The summed E-state index contributed by atoms with van der Waals surface area (Å²) in [6.07, 6.45) is 3.86. The van der Waals surface area contributed by atoms with Gasteiger partial charge in [0.1, 0.15) is 0 Å². The number of fused-ring (bicyclic) bond motifs is 1. The lowest BCUT2D eigenvalue weighted by Gasteiger charge is -2.38. The fourth-order valence-corrected chi connectivity index (χ4v) is 3.57. The highest BCUT2D eigenvalue weighted by atomic mass is 15.2. The highest BCUT2D eigenvalue weighted by Crippen LogP contribution is 2.28. The van der Waals surface area contributed by atoms with Gasteiger partial charge in [-0.15, -0.1) is 0 Å². The summed E-state index contributed by atoms with van der Waals surface area (Å²) < 4.78 is 0. The molecule has 1 aliphatic carbocycles. The van der Waals surface area contributed by atoms with Gasteiger partial charge in [0.2, 0.25) is 0 Å². The fraction of sp³-hybridized carbons (Fsp3) is 0.625. The topological polar surface area (TPSA) is 27.3 Å². The lowest BCUT2D eigenvalue weighted by Crippen LogP contribution is -2.54. The van der Waals surface area contributed by atoms with Gasteiger partial charge in [0, 0.05) is 31.7 Å². The molecule has 1 fully saturated rings. The SMILES string of the molecule is CNC(c1ccc2c(c1)CCC2)C1CNCCN1C. The molecular weight excluding hydrogens is 234 g/mol. The van der Waals surface area contributed by atoms with Gasteiger partial charge in [-0.05, 0) is 50.0 Å². The summed E-state index contributed by atoms with van der Waals surface area (Å²) in [5.41, 5.74) is 4.58. The van der Waals surface area contributed by atoms with E-state index < -0.39 is 0 Å². The van der Waals surface area contributed by atoms with E-state index in [1.165, 1.54) is 24.8 Å². The van der Waals surface area contributed by atoms with Crippen LogP contribution in [-0.4, -0.2) is 44.7 Å². The average molecular weight is 259 g/mol. The third-order valence-corrected chi connectivity index (χ3v) is 4.74. The van der Waals surface area contributed by atoms with E-state index in [0.29, 0.717) is 12.1 Å². The van der Waals surface area contributed by atoms with Gasteiger partial charge in [0.15, 0.2) is 0 Å². The maximum absolute atomic E-state index is 3.53. The molecule has 2 aliphatic rings. The van der Waals surface area contributed by atoms with Crippen LogP contribution in [0.3, 0.4) is 0 Å². The van der Waals surface area contributed by atoms with Crippen molar-refractivity contribution >= 4 is 0 Å². The quantitative estimate of drug-likeness (QED) is 0.858. The monoisotopic (exact) mass is 259 g/mol. The summed E-state index contributed by atoms with van der Waals surface area (Å²) in [6.45, 7) is 3.31. The Balaban J connectivity index is 1.85. The van der Waals surface area contributed by atoms with E-state index in [-0.39, 0.29) is 0 Å². The van der Waals surface area contributed by atoms with E-state index >= 15 is 0 Å². The minimum atomic E-state index is 0.420. The zero-order chi connectivity index (χ0) is 13.2. The van der Waals surface area contributed by atoms with Gasteiger partial charge in [0.25, 0.3) is 0 Å². The number of piperazine rings is 1. The Hall–Kier alpha value is -0.900. The highest BCUT2D eigenvalue weighted by molar-refractivity contribution is 5.37. The number of likely N-dealkylation sites (N-methyl/N-ethyl adjacent to an activating group) is 2. The lowest BCUT2D eigenvalue weighted by molar-refractivity contribution is 0.162. The van der Waals surface area contributed by atoms with Crippen molar-refractivity contribution in [3.05, 3.63) is 34.9 Å². The minimum absolute atomic E-state index is 0.420. The first kappa shape index (κ1) is 13.1. The molecule has 2 atom stereocenters. The summed E-state index contributed by atoms with van der Waals surface area (Å²) in [7, 11) is 4.32. The summed E-state index contributed by atoms with van der Waals surface area (Å²) in [6, 6.07) is 8.07. The van der Waals surface area contributed by atoms with Crippen LogP contribution in [0, 0.1) is 0 Å². The van der Waals surface area contributed by atoms with Crippen LogP contribution in [0.1, 0.15) is 29.2 Å². The molecule has 104 valence electrons. The zero-order valence-electron chi connectivity index (χ0n) is 12.1. The molecule has 1 aromatic rings. The predicted octanol–water partition coefficient (Wildman–Crippen LogP) is 1.34. The number of aryl methyl sites for hydroxylation is 2. The van der Waals surface area contributed by atoms with E-state index in [0.717, 1.165) is 19.6 Å². The van der Waals surface area contributed by atoms with E-state index in [1.54, 1.807) is 11.1 Å². The van der Waals surface area contributed by atoms with Crippen LogP contribution in [0.2, 0.25) is 0 Å². The molecule has 0 aromatic heterocycles. The molecule has 3 nitrogen and oxygen atoms in total. The maximum Gasteiger partial charge on any atom is 0.0488 e. The molecule has 0 saturated carbocycles. The Kier molecular flexibility index (Phi) is 3.87. The van der Waals surface area contributed by atoms with E-state index in [2.05, 4.69) is 47.8 Å².